The minimum atomic E-state index is -1.18. The zero-order valence-corrected chi connectivity index (χ0v) is 15.7. The van der Waals surface area contributed by atoms with Crippen molar-refractivity contribution in [2.75, 3.05) is 0 Å². The summed E-state index contributed by atoms with van der Waals surface area (Å²) in [7, 11) is 0. The monoisotopic (exact) mass is 403 g/mol. The molecule has 2 unspecified atom stereocenters. The number of hydrogen-bond donors (Lipinski definition) is 1. The first-order chi connectivity index (χ1) is 14.5. The Bertz CT molecular complexity index is 1250. The first-order valence-electron chi connectivity index (χ1n) is 9.18. The van der Waals surface area contributed by atoms with Gasteiger partial charge < -0.3 is 9.67 Å². The van der Waals surface area contributed by atoms with Gasteiger partial charge in [0, 0.05) is 36.0 Å². The van der Waals surface area contributed by atoms with Crippen molar-refractivity contribution >= 4 is 22.3 Å². The lowest BCUT2D eigenvalue weighted by atomic mass is 9.94. The summed E-state index contributed by atoms with van der Waals surface area (Å²) in [4.78, 5) is 21.5. The van der Waals surface area contributed by atoms with Crippen LogP contribution in [0.4, 0.5) is 11.4 Å². The van der Waals surface area contributed by atoms with Gasteiger partial charge in [0.25, 0.3) is 11.4 Å². The van der Waals surface area contributed by atoms with Crippen molar-refractivity contribution in [1.29, 1.82) is 0 Å². The first-order valence-corrected chi connectivity index (χ1v) is 9.18. The lowest BCUT2D eigenvalue weighted by molar-refractivity contribution is -0.385. The molecule has 1 aromatic heterocycles. The summed E-state index contributed by atoms with van der Waals surface area (Å²) in [6.45, 7) is 0. The molecule has 4 aromatic rings. The van der Waals surface area contributed by atoms with E-state index in [-0.39, 0.29) is 11.4 Å². The van der Waals surface area contributed by atoms with E-state index in [0.717, 1.165) is 10.9 Å². The van der Waals surface area contributed by atoms with Crippen molar-refractivity contribution in [3.05, 3.63) is 116 Å². The number of nitro benzene ring substituents is 2. The molecule has 0 radical (unpaired) electrons. The van der Waals surface area contributed by atoms with Gasteiger partial charge in [0.2, 0.25) is 0 Å². The van der Waals surface area contributed by atoms with Crippen LogP contribution in [-0.4, -0.2) is 19.5 Å². The Morgan fingerprint density at radius 3 is 2.03 bits per heavy atom. The van der Waals surface area contributed by atoms with E-state index in [4.69, 9.17) is 0 Å². The topological polar surface area (TPSA) is 111 Å². The number of aliphatic hydroxyl groups excluding tert-OH is 1. The Hall–Kier alpha value is -4.04. The highest BCUT2D eigenvalue weighted by molar-refractivity contribution is 5.80. The number of aromatic nitrogens is 1. The third-order valence-corrected chi connectivity index (χ3v) is 5.07. The van der Waals surface area contributed by atoms with E-state index >= 15 is 0 Å². The maximum atomic E-state index is 11.3. The van der Waals surface area contributed by atoms with Crippen LogP contribution in [-0.2, 0) is 0 Å². The standard InChI is InChI=1S/C22H17N3O5/c26-22(17-7-4-9-19(14-17)25(29)30)21(16-6-3-8-18(13-16)24(27)28)23-12-11-15-5-1-2-10-20(15)23/h1-14,21-22,26H. The quantitative estimate of drug-likeness (QED) is 0.368. The van der Waals surface area contributed by atoms with Crippen LogP contribution in [0.3, 0.4) is 0 Å². The molecule has 8 heteroatoms. The van der Waals surface area contributed by atoms with E-state index in [1.165, 1.54) is 30.3 Å². The Morgan fingerprint density at radius 1 is 0.767 bits per heavy atom. The predicted octanol–water partition coefficient (Wildman–Crippen LogP) is 4.78. The SMILES string of the molecule is O=[N+]([O-])c1cccc(C(O)C(c2cccc([N+](=O)[O-])c2)n2ccc3ccccc32)c1. The van der Waals surface area contributed by atoms with Crippen LogP contribution in [0.1, 0.15) is 23.3 Å². The van der Waals surface area contributed by atoms with E-state index in [9.17, 15) is 25.3 Å². The normalized spacial score (nSPS) is 13.1. The van der Waals surface area contributed by atoms with E-state index in [0.29, 0.717) is 11.1 Å². The number of hydrogen-bond acceptors (Lipinski definition) is 5. The van der Waals surface area contributed by atoms with Crippen LogP contribution in [0.15, 0.2) is 85.1 Å². The number of nitrogens with zero attached hydrogens (tertiary/aromatic N) is 3. The smallest absolute Gasteiger partial charge is 0.269 e. The van der Waals surface area contributed by atoms with Gasteiger partial charge in [-0.3, -0.25) is 20.2 Å². The maximum absolute atomic E-state index is 11.3. The zero-order chi connectivity index (χ0) is 21.3. The average Bonchev–Trinajstić information content (AvgIpc) is 3.18. The minimum Gasteiger partial charge on any atom is -0.386 e. The second-order valence-electron chi connectivity index (χ2n) is 6.88. The highest BCUT2D eigenvalue weighted by Crippen LogP contribution is 2.37. The number of rotatable bonds is 6. The summed E-state index contributed by atoms with van der Waals surface area (Å²) in [6.07, 6.45) is 0.622. The fraction of sp³-hybridized carbons (Fsp3) is 0.0909. The van der Waals surface area contributed by atoms with Crippen LogP contribution in [0.5, 0.6) is 0 Å². The summed E-state index contributed by atoms with van der Waals surface area (Å²) in [6, 6.07) is 20.6. The summed E-state index contributed by atoms with van der Waals surface area (Å²) in [5.74, 6) is 0. The molecule has 0 spiro atoms. The molecule has 3 aromatic carbocycles. The minimum absolute atomic E-state index is 0.0970. The Labute approximate surface area is 170 Å². The van der Waals surface area contributed by atoms with Gasteiger partial charge in [0.05, 0.1) is 15.9 Å². The highest BCUT2D eigenvalue weighted by atomic mass is 16.6. The molecule has 1 heterocycles. The fourth-order valence-electron chi connectivity index (χ4n) is 3.67. The molecule has 2 atom stereocenters. The third kappa shape index (κ3) is 3.51. The Balaban J connectivity index is 1.90. The highest BCUT2D eigenvalue weighted by Gasteiger charge is 2.28. The van der Waals surface area contributed by atoms with Crippen molar-refractivity contribution in [3.63, 3.8) is 0 Å². The van der Waals surface area contributed by atoms with Crippen LogP contribution < -0.4 is 0 Å². The van der Waals surface area contributed by atoms with E-state index in [1.54, 1.807) is 24.4 Å². The van der Waals surface area contributed by atoms with Gasteiger partial charge >= 0.3 is 0 Å². The molecule has 0 saturated heterocycles. The second kappa shape index (κ2) is 7.76. The number of aliphatic hydroxyl groups is 1. The molecule has 0 bridgehead atoms. The fourth-order valence-corrected chi connectivity index (χ4v) is 3.67. The molecule has 4 rings (SSSR count). The molecule has 0 saturated carbocycles. The second-order valence-corrected chi connectivity index (χ2v) is 6.88. The largest absolute Gasteiger partial charge is 0.386 e. The molecule has 0 aliphatic rings. The summed E-state index contributed by atoms with van der Waals surface area (Å²) in [5.41, 5.74) is 1.46. The van der Waals surface area contributed by atoms with E-state index in [1.807, 2.05) is 34.9 Å². The van der Waals surface area contributed by atoms with Gasteiger partial charge in [-0.1, -0.05) is 42.5 Å². The molecule has 0 amide bonds. The molecule has 1 N–H and O–H groups in total. The first kappa shape index (κ1) is 19.3. The molecule has 0 aliphatic carbocycles. The summed E-state index contributed by atoms with van der Waals surface area (Å²) in [5, 5.41) is 34.7. The molecule has 0 fully saturated rings. The summed E-state index contributed by atoms with van der Waals surface area (Å²) >= 11 is 0. The van der Waals surface area contributed by atoms with Crippen LogP contribution in [0.25, 0.3) is 10.9 Å². The van der Waals surface area contributed by atoms with Gasteiger partial charge in [-0.15, -0.1) is 0 Å². The number of para-hydroxylation sites is 1. The lowest BCUT2D eigenvalue weighted by Crippen LogP contribution is -2.19. The van der Waals surface area contributed by atoms with E-state index in [2.05, 4.69) is 0 Å². The van der Waals surface area contributed by atoms with Crippen LogP contribution in [0, 0.1) is 20.2 Å². The van der Waals surface area contributed by atoms with Gasteiger partial charge in [-0.05, 0) is 28.6 Å². The molecule has 8 nitrogen and oxygen atoms in total. The maximum Gasteiger partial charge on any atom is 0.269 e. The van der Waals surface area contributed by atoms with Crippen molar-refractivity contribution < 1.29 is 15.0 Å². The number of non-ortho nitro benzene ring substituents is 2. The van der Waals surface area contributed by atoms with Gasteiger partial charge in [0.1, 0.15) is 6.10 Å². The van der Waals surface area contributed by atoms with Crippen molar-refractivity contribution in [3.8, 4) is 0 Å². The Kier molecular flexibility index (Phi) is 4.99. The van der Waals surface area contributed by atoms with Gasteiger partial charge in [-0.25, -0.2) is 0 Å². The third-order valence-electron chi connectivity index (χ3n) is 5.07. The molecular weight excluding hydrogens is 386 g/mol. The lowest BCUT2D eigenvalue weighted by Gasteiger charge is -2.26. The van der Waals surface area contributed by atoms with Crippen molar-refractivity contribution in [2.24, 2.45) is 0 Å². The average molecular weight is 403 g/mol. The number of benzene rings is 3. The van der Waals surface area contributed by atoms with Crippen molar-refractivity contribution in [2.45, 2.75) is 12.1 Å². The molecule has 150 valence electrons. The molecule has 0 aliphatic heterocycles. The van der Waals surface area contributed by atoms with Crippen molar-refractivity contribution in [1.82, 2.24) is 4.57 Å². The van der Waals surface area contributed by atoms with E-state index < -0.39 is 22.0 Å². The predicted molar refractivity (Wildman–Crippen MR) is 111 cm³/mol. The van der Waals surface area contributed by atoms with Crippen LogP contribution in [0.2, 0.25) is 0 Å². The van der Waals surface area contributed by atoms with Gasteiger partial charge in [0.15, 0.2) is 0 Å². The molecular formula is C22H17N3O5. The number of nitro groups is 2. The zero-order valence-electron chi connectivity index (χ0n) is 15.7. The van der Waals surface area contributed by atoms with Crippen LogP contribution >= 0.6 is 0 Å². The van der Waals surface area contributed by atoms with Gasteiger partial charge in [-0.2, -0.15) is 0 Å². The molecule has 30 heavy (non-hydrogen) atoms. The number of fused-ring (bicyclic) bond motifs is 1. The Morgan fingerprint density at radius 2 is 1.37 bits per heavy atom. The summed E-state index contributed by atoms with van der Waals surface area (Å²) < 4.78 is 1.83.